The molecule has 0 heterocycles. The van der Waals surface area contributed by atoms with E-state index in [1.165, 1.54) is 24.3 Å². The second kappa shape index (κ2) is 6.05. The fourth-order valence-electron chi connectivity index (χ4n) is 1.91. The Bertz CT molecular complexity index is 678. The molecule has 1 N–H and O–H groups in total. The molecule has 0 saturated heterocycles. The molecule has 0 bridgehead atoms. The van der Waals surface area contributed by atoms with Crippen molar-refractivity contribution in [2.24, 2.45) is 0 Å². The highest BCUT2D eigenvalue weighted by atomic mass is 19.4. The van der Waals surface area contributed by atoms with E-state index in [2.05, 4.69) is 4.74 Å². The zero-order valence-electron chi connectivity index (χ0n) is 11.0. The molecule has 0 spiro atoms. The lowest BCUT2D eigenvalue weighted by atomic mass is 10.0. The highest BCUT2D eigenvalue weighted by Crippen LogP contribution is 2.28. The van der Waals surface area contributed by atoms with E-state index < -0.39 is 23.9 Å². The number of hydrogen-bond acceptors (Lipinski definition) is 2. The van der Waals surface area contributed by atoms with Gasteiger partial charge < -0.3 is 9.84 Å². The first-order chi connectivity index (χ1) is 10.2. The van der Waals surface area contributed by atoms with Crippen LogP contribution in [0.5, 0.6) is 5.75 Å². The fraction of sp³-hybridized carbons (Fsp3) is 0.133. The van der Waals surface area contributed by atoms with Crippen LogP contribution in [0, 0.1) is 5.82 Å². The Morgan fingerprint density at radius 2 is 1.73 bits per heavy atom. The predicted octanol–water partition coefficient (Wildman–Crippen LogP) is 4.02. The molecule has 0 aliphatic rings. The molecule has 2 rings (SSSR count). The Morgan fingerprint density at radius 3 is 2.27 bits per heavy atom. The van der Waals surface area contributed by atoms with Gasteiger partial charge >= 0.3 is 12.3 Å². The molecule has 116 valence electrons. The van der Waals surface area contributed by atoms with Gasteiger partial charge in [0.2, 0.25) is 0 Å². The second-order valence-electron chi connectivity index (χ2n) is 4.46. The molecule has 2 aromatic carbocycles. The standard InChI is InChI=1S/C15H10F4O3/c16-13-6-1-9(8-14(20)21)7-12(13)10-2-4-11(5-3-10)22-15(17,18)19/h1-7H,8H2,(H,20,21). The topological polar surface area (TPSA) is 46.5 Å². The number of aliphatic carboxylic acids is 1. The number of ether oxygens (including phenoxy) is 1. The molecule has 0 aromatic heterocycles. The lowest BCUT2D eigenvalue weighted by Crippen LogP contribution is -2.16. The molecule has 0 amide bonds. The highest BCUT2D eigenvalue weighted by molar-refractivity contribution is 5.72. The Hall–Kier alpha value is -2.57. The molecule has 0 saturated carbocycles. The summed E-state index contributed by atoms with van der Waals surface area (Å²) in [7, 11) is 0. The first-order valence-electron chi connectivity index (χ1n) is 6.11. The molecule has 0 radical (unpaired) electrons. The minimum atomic E-state index is -4.80. The van der Waals surface area contributed by atoms with Gasteiger partial charge in [-0.2, -0.15) is 0 Å². The number of carboxylic acid groups (broad SMARTS) is 1. The van der Waals surface area contributed by atoms with Gasteiger partial charge in [0, 0.05) is 5.56 Å². The number of carboxylic acids is 1. The first-order valence-corrected chi connectivity index (χ1v) is 6.11. The van der Waals surface area contributed by atoms with Gasteiger partial charge in [0.25, 0.3) is 0 Å². The summed E-state index contributed by atoms with van der Waals surface area (Å²) >= 11 is 0. The van der Waals surface area contributed by atoms with Gasteiger partial charge in [-0.1, -0.05) is 18.2 Å². The van der Waals surface area contributed by atoms with E-state index >= 15 is 0 Å². The van der Waals surface area contributed by atoms with Gasteiger partial charge in [0.1, 0.15) is 11.6 Å². The van der Waals surface area contributed by atoms with Crippen molar-refractivity contribution in [3.8, 4) is 16.9 Å². The average molecular weight is 314 g/mol. The summed E-state index contributed by atoms with van der Waals surface area (Å²) in [5, 5.41) is 8.73. The van der Waals surface area contributed by atoms with Crippen molar-refractivity contribution in [1.82, 2.24) is 0 Å². The van der Waals surface area contributed by atoms with Gasteiger partial charge in [0.05, 0.1) is 6.42 Å². The molecule has 0 aliphatic carbocycles. The molecule has 7 heteroatoms. The minimum Gasteiger partial charge on any atom is -0.481 e. The first kappa shape index (κ1) is 15.8. The van der Waals surface area contributed by atoms with Crippen LogP contribution in [-0.4, -0.2) is 17.4 Å². The number of benzene rings is 2. The van der Waals surface area contributed by atoms with Crippen molar-refractivity contribution in [1.29, 1.82) is 0 Å². The van der Waals surface area contributed by atoms with E-state index in [-0.39, 0.29) is 12.0 Å². The van der Waals surface area contributed by atoms with Gasteiger partial charge in [-0.3, -0.25) is 4.79 Å². The van der Waals surface area contributed by atoms with Crippen molar-refractivity contribution in [3.05, 3.63) is 53.8 Å². The van der Waals surface area contributed by atoms with E-state index in [9.17, 15) is 22.4 Å². The summed E-state index contributed by atoms with van der Waals surface area (Å²) in [6.45, 7) is 0. The number of halogens is 4. The quantitative estimate of drug-likeness (QED) is 0.867. The van der Waals surface area contributed by atoms with Crippen molar-refractivity contribution in [2.75, 3.05) is 0 Å². The minimum absolute atomic E-state index is 0.109. The number of rotatable bonds is 4. The summed E-state index contributed by atoms with van der Waals surface area (Å²) in [6.07, 6.45) is -5.07. The van der Waals surface area contributed by atoms with E-state index in [4.69, 9.17) is 5.11 Å². The van der Waals surface area contributed by atoms with Crippen LogP contribution in [0.25, 0.3) is 11.1 Å². The maximum atomic E-state index is 13.8. The highest BCUT2D eigenvalue weighted by Gasteiger charge is 2.31. The van der Waals surface area contributed by atoms with Crippen LogP contribution in [0.4, 0.5) is 17.6 Å². The Balaban J connectivity index is 2.29. The lowest BCUT2D eigenvalue weighted by Gasteiger charge is -2.10. The largest absolute Gasteiger partial charge is 0.573 e. The molecule has 0 aliphatic heterocycles. The van der Waals surface area contributed by atoms with Crippen LogP contribution in [0.15, 0.2) is 42.5 Å². The molecule has 0 atom stereocenters. The maximum absolute atomic E-state index is 13.8. The zero-order chi connectivity index (χ0) is 16.3. The van der Waals surface area contributed by atoms with Gasteiger partial charge in [-0.05, 0) is 35.4 Å². The smallest absolute Gasteiger partial charge is 0.481 e. The van der Waals surface area contributed by atoms with Gasteiger partial charge in [-0.25, -0.2) is 4.39 Å². The number of hydrogen-bond donors (Lipinski definition) is 1. The van der Waals surface area contributed by atoms with Crippen molar-refractivity contribution >= 4 is 5.97 Å². The summed E-state index contributed by atoms with van der Waals surface area (Å²) in [5.74, 6) is -2.08. The molecule has 2 aromatic rings. The van der Waals surface area contributed by atoms with E-state index in [0.717, 1.165) is 18.2 Å². The van der Waals surface area contributed by atoms with Crippen LogP contribution in [0.1, 0.15) is 5.56 Å². The maximum Gasteiger partial charge on any atom is 0.573 e. The van der Waals surface area contributed by atoms with E-state index in [1.54, 1.807) is 0 Å². The molecule has 22 heavy (non-hydrogen) atoms. The van der Waals surface area contributed by atoms with Crippen molar-refractivity contribution < 1.29 is 32.2 Å². The van der Waals surface area contributed by atoms with Gasteiger partial charge in [-0.15, -0.1) is 13.2 Å². The normalized spacial score (nSPS) is 11.3. The monoisotopic (exact) mass is 314 g/mol. The van der Waals surface area contributed by atoms with E-state index in [0.29, 0.717) is 11.1 Å². The third-order valence-corrected chi connectivity index (χ3v) is 2.79. The van der Waals surface area contributed by atoms with Crippen LogP contribution >= 0.6 is 0 Å². The Morgan fingerprint density at radius 1 is 1.09 bits per heavy atom. The molecular formula is C15H10F4O3. The lowest BCUT2D eigenvalue weighted by molar-refractivity contribution is -0.274. The van der Waals surface area contributed by atoms with Crippen molar-refractivity contribution in [3.63, 3.8) is 0 Å². The van der Waals surface area contributed by atoms with Crippen LogP contribution in [0.2, 0.25) is 0 Å². The second-order valence-corrected chi connectivity index (χ2v) is 4.46. The number of alkyl halides is 3. The van der Waals surface area contributed by atoms with Crippen LogP contribution in [-0.2, 0) is 11.2 Å². The fourth-order valence-corrected chi connectivity index (χ4v) is 1.91. The van der Waals surface area contributed by atoms with Crippen LogP contribution < -0.4 is 4.74 Å². The zero-order valence-corrected chi connectivity index (χ0v) is 11.0. The summed E-state index contributed by atoms with van der Waals surface area (Å²) in [6, 6.07) is 8.47. The molecular weight excluding hydrogens is 304 g/mol. The average Bonchev–Trinajstić information content (AvgIpc) is 2.40. The third-order valence-electron chi connectivity index (χ3n) is 2.79. The van der Waals surface area contributed by atoms with Gasteiger partial charge in [0.15, 0.2) is 0 Å². The van der Waals surface area contributed by atoms with E-state index in [1.807, 2.05) is 0 Å². The third kappa shape index (κ3) is 4.21. The molecule has 0 fully saturated rings. The molecule has 0 unspecified atom stereocenters. The predicted molar refractivity (Wildman–Crippen MR) is 69.9 cm³/mol. The Labute approximate surface area is 122 Å². The number of carbonyl (C=O) groups is 1. The molecule has 3 nitrogen and oxygen atoms in total. The Kier molecular flexibility index (Phi) is 4.35. The summed E-state index contributed by atoms with van der Waals surface area (Å²) < 4.78 is 53.7. The SMILES string of the molecule is O=C(O)Cc1ccc(F)c(-c2ccc(OC(F)(F)F)cc2)c1. The van der Waals surface area contributed by atoms with Crippen LogP contribution in [0.3, 0.4) is 0 Å². The summed E-state index contributed by atoms with van der Waals surface area (Å²) in [5.41, 5.74) is 0.816. The van der Waals surface area contributed by atoms with Crippen molar-refractivity contribution in [2.45, 2.75) is 12.8 Å². The summed E-state index contributed by atoms with van der Waals surface area (Å²) in [4.78, 5) is 10.7.